The molecule has 1 aliphatic heterocycles. The van der Waals surface area contributed by atoms with Gasteiger partial charge in [0.2, 0.25) is 10.0 Å². The topological polar surface area (TPSA) is 125 Å². The monoisotopic (exact) mass is 490 g/mol. The molecule has 10 heteroatoms. The molecule has 2 aromatic carbocycles. The highest BCUT2D eigenvalue weighted by Gasteiger charge is 2.29. The maximum atomic E-state index is 12.6. The Hall–Kier alpha value is -3.11. The average Bonchev–Trinajstić information content (AvgIpc) is 2.80. The highest BCUT2D eigenvalue weighted by atomic mass is 32.2. The average molecular weight is 491 g/mol. The summed E-state index contributed by atoms with van der Waals surface area (Å²) in [6.45, 7) is 4.17. The van der Waals surface area contributed by atoms with E-state index in [9.17, 15) is 18.0 Å². The fraction of sp³-hybridized carbons (Fsp3) is 0.417. The number of hydrogen-bond acceptors (Lipinski definition) is 7. The normalized spacial score (nSPS) is 18.3. The quantitative estimate of drug-likeness (QED) is 0.423. The second-order valence-corrected chi connectivity index (χ2v) is 9.81. The van der Waals surface area contributed by atoms with Crippen LogP contribution in [0.1, 0.15) is 43.5 Å². The molecule has 1 aliphatic rings. The number of likely N-dealkylation sites (tertiary alicyclic amines) is 1. The van der Waals surface area contributed by atoms with Crippen molar-refractivity contribution in [1.29, 1.82) is 0 Å². The van der Waals surface area contributed by atoms with Crippen LogP contribution in [0.4, 0.5) is 0 Å². The van der Waals surface area contributed by atoms with E-state index in [1.54, 1.807) is 24.3 Å². The van der Waals surface area contributed by atoms with E-state index >= 15 is 0 Å². The van der Waals surface area contributed by atoms with E-state index in [0.717, 1.165) is 19.3 Å². The predicted octanol–water partition coefficient (Wildman–Crippen LogP) is 2.74. The van der Waals surface area contributed by atoms with Crippen molar-refractivity contribution in [1.82, 2.24) is 4.90 Å². The van der Waals surface area contributed by atoms with Gasteiger partial charge in [0, 0.05) is 12.1 Å². The van der Waals surface area contributed by atoms with E-state index in [-0.39, 0.29) is 42.7 Å². The Bertz CT molecular complexity index is 1080. The largest absolute Gasteiger partial charge is 0.490 e. The lowest BCUT2D eigenvalue weighted by atomic mass is 9.97. The maximum Gasteiger partial charge on any atom is 0.338 e. The molecule has 2 atom stereocenters. The minimum atomic E-state index is -3.76. The third-order valence-electron chi connectivity index (χ3n) is 5.67. The van der Waals surface area contributed by atoms with Crippen LogP contribution in [-0.4, -0.2) is 57.1 Å². The van der Waals surface area contributed by atoms with Crippen molar-refractivity contribution in [3.63, 3.8) is 0 Å². The molecule has 1 heterocycles. The highest BCUT2D eigenvalue weighted by Crippen LogP contribution is 2.23. The van der Waals surface area contributed by atoms with Crippen molar-refractivity contribution >= 4 is 21.9 Å². The zero-order valence-electron chi connectivity index (χ0n) is 19.3. The van der Waals surface area contributed by atoms with Crippen LogP contribution < -0.4 is 14.6 Å². The number of piperidine rings is 1. The van der Waals surface area contributed by atoms with Gasteiger partial charge >= 0.3 is 5.97 Å². The molecule has 9 nitrogen and oxygen atoms in total. The van der Waals surface area contributed by atoms with Gasteiger partial charge in [0.05, 0.1) is 10.5 Å². The zero-order valence-corrected chi connectivity index (χ0v) is 20.1. The van der Waals surface area contributed by atoms with Crippen molar-refractivity contribution in [2.75, 3.05) is 19.8 Å². The molecule has 0 bridgehead atoms. The van der Waals surface area contributed by atoms with Crippen LogP contribution in [0.15, 0.2) is 53.4 Å². The minimum absolute atomic E-state index is 0.00866. The fourth-order valence-electron chi connectivity index (χ4n) is 3.92. The standard InChI is InChI=1S/C24H30N2O7S/c1-17-4-3-5-18(2)26(17)23(27)16-33-21-8-6-19(7-9-21)24(28)32-15-14-31-20-10-12-22(13-11-20)34(25,29)30/h6-13,17-18H,3-5,14-16H2,1-2H3,(H2,25,29,30)/t17-,18-/m0/s1. The van der Waals surface area contributed by atoms with Crippen LogP contribution in [0, 0.1) is 0 Å². The molecule has 2 aromatic rings. The van der Waals surface area contributed by atoms with Gasteiger partial charge in [-0.25, -0.2) is 18.4 Å². The molecule has 0 aliphatic carbocycles. The number of hydrogen-bond donors (Lipinski definition) is 1. The third-order valence-corrected chi connectivity index (χ3v) is 6.60. The lowest BCUT2D eigenvalue weighted by Crippen LogP contribution is -2.49. The molecule has 0 aromatic heterocycles. The summed E-state index contributed by atoms with van der Waals surface area (Å²) in [6.07, 6.45) is 3.14. The molecular formula is C24H30N2O7S. The Balaban J connectivity index is 1.41. The van der Waals surface area contributed by atoms with E-state index in [1.165, 1.54) is 24.3 Å². The molecular weight excluding hydrogens is 460 g/mol. The van der Waals surface area contributed by atoms with Crippen molar-refractivity contribution in [3.8, 4) is 11.5 Å². The number of rotatable bonds is 9. The SMILES string of the molecule is C[C@H]1CCC[C@H](C)N1C(=O)COc1ccc(C(=O)OCCOc2ccc(S(N)(=O)=O)cc2)cc1. The smallest absolute Gasteiger partial charge is 0.338 e. The van der Waals surface area contributed by atoms with Crippen molar-refractivity contribution < 1.29 is 32.2 Å². The lowest BCUT2D eigenvalue weighted by molar-refractivity contribution is -0.139. The Morgan fingerprint density at radius 2 is 1.47 bits per heavy atom. The predicted molar refractivity (Wildman–Crippen MR) is 125 cm³/mol. The first-order valence-electron chi connectivity index (χ1n) is 11.1. The van der Waals surface area contributed by atoms with Gasteiger partial charge in [-0.15, -0.1) is 0 Å². The Morgan fingerprint density at radius 1 is 0.912 bits per heavy atom. The number of nitrogens with two attached hydrogens (primary N) is 1. The van der Waals surface area contributed by atoms with Crippen molar-refractivity contribution in [2.24, 2.45) is 5.14 Å². The Kier molecular flexibility index (Phi) is 8.51. The summed E-state index contributed by atoms with van der Waals surface area (Å²) in [6, 6.07) is 12.4. The first-order valence-corrected chi connectivity index (χ1v) is 12.7. The maximum absolute atomic E-state index is 12.6. The summed E-state index contributed by atoms with van der Waals surface area (Å²) >= 11 is 0. The van der Waals surface area contributed by atoms with E-state index in [4.69, 9.17) is 19.3 Å². The van der Waals surface area contributed by atoms with Gasteiger partial charge in [0.1, 0.15) is 24.7 Å². The molecule has 1 amide bonds. The van der Waals surface area contributed by atoms with Gasteiger partial charge < -0.3 is 19.1 Å². The Morgan fingerprint density at radius 3 is 2.06 bits per heavy atom. The zero-order chi connectivity index (χ0) is 24.7. The number of amides is 1. The number of benzene rings is 2. The molecule has 1 saturated heterocycles. The van der Waals surface area contributed by atoms with Crippen LogP contribution in [-0.2, 0) is 19.6 Å². The van der Waals surface area contributed by atoms with Gasteiger partial charge in [0.15, 0.2) is 6.61 Å². The summed E-state index contributed by atoms with van der Waals surface area (Å²) < 4.78 is 38.7. The number of carbonyl (C=O) groups is 2. The van der Waals surface area contributed by atoms with Crippen LogP contribution in [0.3, 0.4) is 0 Å². The first-order chi connectivity index (χ1) is 16.1. The highest BCUT2D eigenvalue weighted by molar-refractivity contribution is 7.89. The number of primary sulfonamides is 1. The van der Waals surface area contributed by atoms with Gasteiger partial charge in [-0.3, -0.25) is 4.79 Å². The molecule has 0 spiro atoms. The number of sulfonamides is 1. The molecule has 0 saturated carbocycles. The molecule has 2 N–H and O–H groups in total. The van der Waals surface area contributed by atoms with Crippen molar-refractivity contribution in [2.45, 2.75) is 50.1 Å². The van der Waals surface area contributed by atoms with Crippen LogP contribution in [0.5, 0.6) is 11.5 Å². The first kappa shape index (κ1) is 25.5. The minimum Gasteiger partial charge on any atom is -0.490 e. The Labute approximate surface area is 199 Å². The van der Waals surface area contributed by atoms with E-state index in [1.807, 2.05) is 4.90 Å². The van der Waals surface area contributed by atoms with Crippen LogP contribution in [0.25, 0.3) is 0 Å². The number of carbonyl (C=O) groups excluding carboxylic acids is 2. The molecule has 0 unspecified atom stereocenters. The van der Waals surface area contributed by atoms with Crippen LogP contribution in [0.2, 0.25) is 0 Å². The molecule has 34 heavy (non-hydrogen) atoms. The summed E-state index contributed by atoms with van der Waals surface area (Å²) in [5, 5.41) is 5.05. The van der Waals surface area contributed by atoms with Gasteiger partial charge in [-0.2, -0.15) is 0 Å². The third kappa shape index (κ3) is 6.94. The molecule has 184 valence electrons. The second kappa shape index (κ2) is 11.3. The van der Waals surface area contributed by atoms with Gasteiger partial charge in [-0.1, -0.05) is 0 Å². The summed E-state index contributed by atoms with van der Waals surface area (Å²) in [5.41, 5.74) is 0.342. The van der Waals surface area contributed by atoms with E-state index in [2.05, 4.69) is 13.8 Å². The summed E-state index contributed by atoms with van der Waals surface area (Å²) in [7, 11) is -3.76. The van der Waals surface area contributed by atoms with Crippen molar-refractivity contribution in [3.05, 3.63) is 54.1 Å². The number of nitrogens with zero attached hydrogens (tertiary/aromatic N) is 1. The van der Waals surface area contributed by atoms with E-state index in [0.29, 0.717) is 17.1 Å². The van der Waals surface area contributed by atoms with Gasteiger partial charge in [0.25, 0.3) is 5.91 Å². The fourth-order valence-corrected chi connectivity index (χ4v) is 4.44. The van der Waals surface area contributed by atoms with E-state index < -0.39 is 16.0 Å². The summed E-state index contributed by atoms with van der Waals surface area (Å²) in [5.74, 6) is 0.357. The molecule has 3 rings (SSSR count). The summed E-state index contributed by atoms with van der Waals surface area (Å²) in [4.78, 5) is 26.6. The van der Waals surface area contributed by atoms with Gasteiger partial charge in [-0.05, 0) is 81.6 Å². The lowest BCUT2D eigenvalue weighted by Gasteiger charge is -2.38. The number of esters is 1. The second-order valence-electron chi connectivity index (χ2n) is 8.24. The van der Waals surface area contributed by atoms with Crippen LogP contribution >= 0.6 is 0 Å². The molecule has 0 radical (unpaired) electrons. The molecule has 1 fully saturated rings. The number of ether oxygens (including phenoxy) is 3.